The van der Waals surface area contributed by atoms with Crippen LogP contribution >= 0.6 is 15.9 Å². The third kappa shape index (κ3) is 4.68. The number of unbranched alkanes of at least 4 members (excludes halogenated alkanes) is 1. The lowest BCUT2D eigenvalue weighted by Gasteiger charge is -2.36. The van der Waals surface area contributed by atoms with Crippen molar-refractivity contribution in [2.45, 2.75) is 19.0 Å². The zero-order valence-electron chi connectivity index (χ0n) is 17.4. The van der Waals surface area contributed by atoms with Gasteiger partial charge in [0.1, 0.15) is 0 Å². The molecule has 9 heteroatoms. The van der Waals surface area contributed by atoms with E-state index in [1.165, 1.54) is 17.0 Å². The van der Waals surface area contributed by atoms with Crippen LogP contribution in [0.2, 0.25) is 0 Å². The number of hydrogen-bond donors (Lipinski definition) is 0. The summed E-state index contributed by atoms with van der Waals surface area (Å²) >= 11 is 2.98. The third-order valence-electron chi connectivity index (χ3n) is 5.98. The van der Waals surface area contributed by atoms with Crippen molar-refractivity contribution >= 4 is 33.4 Å². The minimum Gasteiger partial charge on any atom is -0.369 e. The molecule has 4 rings (SSSR count). The van der Waals surface area contributed by atoms with E-state index in [2.05, 4.69) is 20.8 Å². The van der Waals surface area contributed by atoms with Crippen LogP contribution < -0.4 is 4.90 Å². The average molecular weight is 510 g/mol. The molecule has 2 aliphatic heterocycles. The van der Waals surface area contributed by atoms with Crippen molar-refractivity contribution in [2.75, 3.05) is 44.2 Å². The van der Waals surface area contributed by atoms with Crippen LogP contribution in [0.1, 0.15) is 39.1 Å². The van der Waals surface area contributed by atoms with Crippen molar-refractivity contribution < 1.29 is 22.8 Å². The Balaban J connectivity index is 1.23. The summed E-state index contributed by atoms with van der Waals surface area (Å²) in [5.41, 5.74) is 0.849. The Kier molecular flexibility index (Phi) is 6.57. The van der Waals surface area contributed by atoms with Crippen LogP contribution in [0, 0.1) is 0 Å². The molecule has 5 nitrogen and oxygen atoms in total. The van der Waals surface area contributed by atoms with Gasteiger partial charge in [-0.05, 0) is 49.7 Å². The van der Waals surface area contributed by atoms with Gasteiger partial charge in [0.15, 0.2) is 0 Å². The number of rotatable bonds is 6. The van der Waals surface area contributed by atoms with Gasteiger partial charge >= 0.3 is 6.18 Å². The Labute approximate surface area is 192 Å². The SMILES string of the molecule is O=C1c2ccccc2C(=O)N1CCCCN1CCN(c2ccc(Br)c(C(F)(F)F)c2)CC1. The van der Waals surface area contributed by atoms with Crippen molar-refractivity contribution in [1.82, 2.24) is 9.80 Å². The predicted molar refractivity (Wildman–Crippen MR) is 119 cm³/mol. The first kappa shape index (κ1) is 22.8. The molecule has 0 aromatic heterocycles. The van der Waals surface area contributed by atoms with E-state index in [4.69, 9.17) is 0 Å². The fourth-order valence-corrected chi connectivity index (χ4v) is 4.68. The fourth-order valence-electron chi connectivity index (χ4n) is 4.20. The van der Waals surface area contributed by atoms with Gasteiger partial charge in [-0.3, -0.25) is 19.4 Å². The molecule has 0 aliphatic carbocycles. The summed E-state index contributed by atoms with van der Waals surface area (Å²) in [6, 6.07) is 11.2. The van der Waals surface area contributed by atoms with E-state index in [0.29, 0.717) is 42.9 Å². The second-order valence-corrected chi connectivity index (χ2v) is 8.86. The number of hydrogen-bond acceptors (Lipinski definition) is 4. The second kappa shape index (κ2) is 9.23. The monoisotopic (exact) mass is 509 g/mol. The number of alkyl halides is 3. The molecule has 0 saturated carbocycles. The van der Waals surface area contributed by atoms with E-state index in [-0.39, 0.29) is 16.3 Å². The van der Waals surface area contributed by atoms with Crippen molar-refractivity contribution in [3.8, 4) is 0 Å². The van der Waals surface area contributed by atoms with Crippen LogP contribution in [-0.2, 0) is 6.18 Å². The highest BCUT2D eigenvalue weighted by molar-refractivity contribution is 9.10. The number of anilines is 1. The van der Waals surface area contributed by atoms with E-state index in [9.17, 15) is 22.8 Å². The smallest absolute Gasteiger partial charge is 0.369 e. The summed E-state index contributed by atoms with van der Waals surface area (Å²) in [5.74, 6) is -0.459. The van der Waals surface area contributed by atoms with E-state index >= 15 is 0 Å². The number of carbonyl (C=O) groups is 2. The van der Waals surface area contributed by atoms with Crippen LogP contribution in [0.3, 0.4) is 0 Å². The fraction of sp³-hybridized carbons (Fsp3) is 0.391. The van der Waals surface area contributed by atoms with Crippen LogP contribution in [0.25, 0.3) is 0 Å². The van der Waals surface area contributed by atoms with Crippen molar-refractivity contribution in [2.24, 2.45) is 0 Å². The summed E-state index contributed by atoms with van der Waals surface area (Å²) in [5, 5.41) is 0. The van der Waals surface area contributed by atoms with Crippen LogP contribution in [0.15, 0.2) is 46.9 Å². The maximum absolute atomic E-state index is 13.2. The highest BCUT2D eigenvalue weighted by Gasteiger charge is 2.35. The van der Waals surface area contributed by atoms with Crippen LogP contribution in [0.5, 0.6) is 0 Å². The Morgan fingerprint density at radius 3 is 2.03 bits per heavy atom. The molecule has 0 bridgehead atoms. The lowest BCUT2D eigenvalue weighted by molar-refractivity contribution is -0.138. The lowest BCUT2D eigenvalue weighted by Crippen LogP contribution is -2.46. The molecule has 2 amide bonds. The minimum absolute atomic E-state index is 0.0467. The van der Waals surface area contributed by atoms with Crippen molar-refractivity contribution in [1.29, 1.82) is 0 Å². The van der Waals surface area contributed by atoms with Gasteiger partial charge in [0.25, 0.3) is 11.8 Å². The number of carbonyl (C=O) groups excluding carboxylic acids is 2. The molecular formula is C23H23BrF3N3O2. The molecule has 0 N–H and O–H groups in total. The molecule has 0 atom stereocenters. The highest BCUT2D eigenvalue weighted by Crippen LogP contribution is 2.37. The largest absolute Gasteiger partial charge is 0.417 e. The first-order valence-corrected chi connectivity index (χ1v) is 11.3. The molecule has 1 saturated heterocycles. The van der Waals surface area contributed by atoms with Gasteiger partial charge in [-0.25, -0.2) is 0 Å². The number of imide groups is 1. The van der Waals surface area contributed by atoms with Gasteiger partial charge in [-0.15, -0.1) is 0 Å². The van der Waals surface area contributed by atoms with Gasteiger partial charge in [0.2, 0.25) is 0 Å². The predicted octanol–water partition coefficient (Wildman–Crippen LogP) is 4.67. The lowest BCUT2D eigenvalue weighted by atomic mass is 10.1. The Morgan fingerprint density at radius 2 is 1.44 bits per heavy atom. The summed E-state index contributed by atoms with van der Waals surface area (Å²) < 4.78 is 39.5. The minimum atomic E-state index is -4.39. The van der Waals surface area contributed by atoms with E-state index < -0.39 is 11.7 Å². The quantitative estimate of drug-likeness (QED) is 0.419. The zero-order valence-corrected chi connectivity index (χ0v) is 19.0. The molecule has 0 radical (unpaired) electrons. The van der Waals surface area contributed by atoms with Crippen molar-refractivity contribution in [3.05, 3.63) is 63.6 Å². The molecule has 2 aromatic carbocycles. The number of fused-ring (bicyclic) bond motifs is 1. The molecule has 170 valence electrons. The summed E-state index contributed by atoms with van der Waals surface area (Å²) in [6.45, 7) is 4.03. The van der Waals surface area contributed by atoms with E-state index in [1.54, 1.807) is 30.3 Å². The standard InChI is InChI=1S/C23H23BrF3N3O2/c24-20-8-7-16(15-19(20)23(25,26)27)29-13-11-28(12-14-29)9-3-4-10-30-21(31)17-5-1-2-6-18(17)22(30)32/h1-2,5-8,15H,3-4,9-14H2. The van der Waals surface area contributed by atoms with Crippen molar-refractivity contribution in [3.63, 3.8) is 0 Å². The van der Waals surface area contributed by atoms with E-state index in [1.807, 2.05) is 4.90 Å². The Bertz CT molecular complexity index is 985. The van der Waals surface area contributed by atoms with Crippen LogP contribution in [-0.4, -0.2) is 60.9 Å². The van der Waals surface area contributed by atoms with Gasteiger partial charge < -0.3 is 4.90 Å². The summed E-state index contributed by atoms with van der Waals surface area (Å²) in [6.07, 6.45) is -2.84. The number of halogens is 4. The molecule has 2 aliphatic rings. The molecule has 2 heterocycles. The number of benzene rings is 2. The third-order valence-corrected chi connectivity index (χ3v) is 6.67. The second-order valence-electron chi connectivity index (χ2n) is 8.01. The summed E-state index contributed by atoms with van der Waals surface area (Å²) in [4.78, 5) is 30.3. The first-order chi connectivity index (χ1) is 15.3. The molecule has 0 unspecified atom stereocenters. The first-order valence-electron chi connectivity index (χ1n) is 10.5. The summed E-state index contributed by atoms with van der Waals surface area (Å²) in [7, 11) is 0. The topological polar surface area (TPSA) is 43.9 Å². The maximum Gasteiger partial charge on any atom is 0.417 e. The number of piperazine rings is 1. The average Bonchev–Trinajstić information content (AvgIpc) is 3.01. The molecule has 0 spiro atoms. The van der Waals surface area contributed by atoms with Gasteiger partial charge in [0, 0.05) is 42.9 Å². The Morgan fingerprint density at radius 1 is 0.844 bits per heavy atom. The number of nitrogens with zero attached hydrogens (tertiary/aromatic N) is 3. The molecular weight excluding hydrogens is 487 g/mol. The van der Waals surface area contributed by atoms with Crippen LogP contribution in [0.4, 0.5) is 18.9 Å². The Hall–Kier alpha value is -2.39. The van der Waals surface area contributed by atoms with Gasteiger partial charge in [0.05, 0.1) is 16.7 Å². The number of amides is 2. The molecule has 2 aromatic rings. The highest BCUT2D eigenvalue weighted by atomic mass is 79.9. The zero-order chi connectivity index (χ0) is 22.9. The molecule has 32 heavy (non-hydrogen) atoms. The van der Waals surface area contributed by atoms with Gasteiger partial charge in [-0.1, -0.05) is 28.1 Å². The molecule has 1 fully saturated rings. The van der Waals surface area contributed by atoms with E-state index in [0.717, 1.165) is 26.1 Å². The maximum atomic E-state index is 13.2. The normalized spacial score (nSPS) is 17.2. The van der Waals surface area contributed by atoms with Gasteiger partial charge in [-0.2, -0.15) is 13.2 Å².